The monoisotopic (exact) mass is 409 g/mol. The van der Waals surface area contributed by atoms with Gasteiger partial charge in [0.25, 0.3) is 0 Å². The van der Waals surface area contributed by atoms with Gasteiger partial charge in [-0.25, -0.2) is 8.42 Å². The summed E-state index contributed by atoms with van der Waals surface area (Å²) in [6, 6.07) is 6.54. The molecule has 1 aromatic carbocycles. The number of hydrogen-bond donors (Lipinski definition) is 0. The van der Waals surface area contributed by atoms with Crippen LogP contribution in [0.25, 0.3) is 0 Å². The van der Waals surface area contributed by atoms with Crippen LogP contribution in [0.3, 0.4) is 0 Å². The first-order chi connectivity index (χ1) is 13.5. The van der Waals surface area contributed by atoms with E-state index in [1.807, 2.05) is 6.07 Å². The molecule has 1 aromatic rings. The highest BCUT2D eigenvalue weighted by Gasteiger charge is 2.42. The molecular weight excluding hydrogens is 374 g/mol. The molecule has 1 heterocycles. The Morgan fingerprint density at radius 3 is 2.14 bits per heavy atom. The topological polar surface area (TPSA) is 63.7 Å². The summed E-state index contributed by atoms with van der Waals surface area (Å²) in [7, 11) is -2.20. The molecule has 1 atom stereocenters. The Labute approximate surface area is 170 Å². The maximum Gasteiger partial charge on any atom is 0.307 e. The van der Waals surface area contributed by atoms with Crippen LogP contribution in [0.1, 0.15) is 89.2 Å². The zero-order valence-electron chi connectivity index (χ0n) is 17.4. The molecule has 0 spiro atoms. The molecule has 158 valence electrons. The van der Waals surface area contributed by atoms with E-state index in [9.17, 15) is 13.2 Å². The molecule has 0 radical (unpaired) electrons. The minimum absolute atomic E-state index is 0.0600. The zero-order valence-corrected chi connectivity index (χ0v) is 18.2. The Morgan fingerprint density at radius 2 is 1.54 bits per heavy atom. The van der Waals surface area contributed by atoms with Crippen LogP contribution >= 0.6 is 0 Å². The highest BCUT2D eigenvalue weighted by atomic mass is 32.2. The third kappa shape index (κ3) is 6.05. The molecule has 2 rings (SSSR count). The number of ether oxygens (including phenoxy) is 1. The molecule has 0 amide bonds. The van der Waals surface area contributed by atoms with Crippen molar-refractivity contribution in [1.82, 2.24) is 4.31 Å². The lowest BCUT2D eigenvalue weighted by Crippen LogP contribution is -2.31. The standard InChI is InChI=1S/C22H35NO4S/c1-3-4-5-6-7-8-9-10-11-14-17-23-20(18-22(24)27-2)19-15-12-13-16-21(19)28(23,25)26/h12-13,15-16,20H,3-11,14,17-18H2,1-2H3/t20-/m0/s1. The number of methoxy groups -OCH3 is 1. The van der Waals surface area contributed by atoms with Crippen molar-refractivity contribution < 1.29 is 17.9 Å². The van der Waals surface area contributed by atoms with Crippen LogP contribution in [0.5, 0.6) is 0 Å². The first-order valence-corrected chi connectivity index (χ1v) is 12.1. The van der Waals surface area contributed by atoms with Crippen LogP contribution in [-0.4, -0.2) is 32.3 Å². The van der Waals surface area contributed by atoms with E-state index in [4.69, 9.17) is 4.74 Å². The van der Waals surface area contributed by atoms with Gasteiger partial charge in [0.15, 0.2) is 0 Å². The van der Waals surface area contributed by atoms with Crippen LogP contribution in [-0.2, 0) is 19.6 Å². The molecule has 0 unspecified atom stereocenters. The number of hydrogen-bond acceptors (Lipinski definition) is 4. The van der Waals surface area contributed by atoms with E-state index in [-0.39, 0.29) is 12.4 Å². The number of fused-ring (bicyclic) bond motifs is 1. The maximum absolute atomic E-state index is 12.9. The van der Waals surface area contributed by atoms with Crippen molar-refractivity contribution in [3.8, 4) is 0 Å². The van der Waals surface area contributed by atoms with Gasteiger partial charge >= 0.3 is 5.97 Å². The Morgan fingerprint density at radius 1 is 0.964 bits per heavy atom. The van der Waals surface area contributed by atoms with E-state index in [1.165, 1.54) is 56.4 Å². The number of unbranched alkanes of at least 4 members (excludes halogenated alkanes) is 9. The quantitative estimate of drug-likeness (QED) is 0.331. The largest absolute Gasteiger partial charge is 0.469 e. The normalized spacial score (nSPS) is 18.1. The van der Waals surface area contributed by atoms with Crippen molar-refractivity contribution in [2.24, 2.45) is 0 Å². The van der Waals surface area contributed by atoms with Crippen LogP contribution in [0.15, 0.2) is 29.2 Å². The van der Waals surface area contributed by atoms with E-state index in [0.29, 0.717) is 17.0 Å². The second-order valence-corrected chi connectivity index (χ2v) is 9.49. The van der Waals surface area contributed by atoms with Crippen molar-refractivity contribution in [1.29, 1.82) is 0 Å². The molecule has 0 bridgehead atoms. The van der Waals surface area contributed by atoms with Gasteiger partial charge in [0.2, 0.25) is 10.0 Å². The number of sulfonamides is 1. The van der Waals surface area contributed by atoms with Gasteiger partial charge in [0.05, 0.1) is 24.5 Å². The van der Waals surface area contributed by atoms with Gasteiger partial charge in [0, 0.05) is 6.54 Å². The van der Waals surface area contributed by atoms with Gasteiger partial charge in [-0.2, -0.15) is 4.31 Å². The lowest BCUT2D eigenvalue weighted by atomic mass is 10.0. The van der Waals surface area contributed by atoms with Gasteiger partial charge in [-0.05, 0) is 18.1 Å². The number of benzene rings is 1. The van der Waals surface area contributed by atoms with E-state index >= 15 is 0 Å². The highest BCUT2D eigenvalue weighted by Crippen LogP contribution is 2.41. The fourth-order valence-electron chi connectivity index (χ4n) is 3.92. The molecule has 0 aliphatic carbocycles. The fraction of sp³-hybridized carbons (Fsp3) is 0.682. The van der Waals surface area contributed by atoms with Crippen molar-refractivity contribution in [3.05, 3.63) is 29.8 Å². The van der Waals surface area contributed by atoms with Crippen molar-refractivity contribution >= 4 is 16.0 Å². The van der Waals surface area contributed by atoms with Crippen LogP contribution in [0, 0.1) is 0 Å². The minimum Gasteiger partial charge on any atom is -0.469 e. The minimum atomic E-state index is -3.53. The van der Waals surface area contributed by atoms with Gasteiger partial charge < -0.3 is 4.74 Å². The molecule has 0 aromatic heterocycles. The summed E-state index contributed by atoms with van der Waals surface area (Å²) in [6.45, 7) is 2.68. The molecular formula is C22H35NO4S. The Kier molecular flexibility index (Phi) is 9.45. The first-order valence-electron chi connectivity index (χ1n) is 10.7. The number of esters is 1. The Balaban J connectivity index is 1.83. The summed E-state index contributed by atoms with van der Waals surface area (Å²) in [5.41, 5.74) is 0.708. The van der Waals surface area contributed by atoms with Crippen molar-refractivity contribution in [2.45, 2.75) is 88.5 Å². The summed E-state index contributed by atoms with van der Waals surface area (Å²) in [5.74, 6) is -0.384. The summed E-state index contributed by atoms with van der Waals surface area (Å²) < 4.78 is 32.1. The molecule has 1 aliphatic rings. The van der Waals surface area contributed by atoms with Gasteiger partial charge in [-0.1, -0.05) is 82.9 Å². The summed E-state index contributed by atoms with van der Waals surface area (Å²) >= 11 is 0. The predicted octanol–water partition coefficient (Wildman–Crippen LogP) is 5.22. The molecule has 5 nitrogen and oxygen atoms in total. The Bertz CT molecular complexity index is 717. The van der Waals surface area contributed by atoms with Crippen molar-refractivity contribution in [3.63, 3.8) is 0 Å². The smallest absolute Gasteiger partial charge is 0.307 e. The summed E-state index contributed by atoms with van der Waals surface area (Å²) in [5, 5.41) is 0. The van der Waals surface area contributed by atoms with E-state index in [0.717, 1.165) is 19.3 Å². The predicted molar refractivity (Wildman–Crippen MR) is 112 cm³/mol. The van der Waals surface area contributed by atoms with E-state index in [1.54, 1.807) is 18.2 Å². The third-order valence-corrected chi connectivity index (χ3v) is 7.51. The van der Waals surface area contributed by atoms with Gasteiger partial charge in [-0.15, -0.1) is 0 Å². The number of nitrogens with zero attached hydrogens (tertiary/aromatic N) is 1. The average Bonchev–Trinajstić information content (AvgIpc) is 2.90. The van der Waals surface area contributed by atoms with Gasteiger partial charge in [0.1, 0.15) is 0 Å². The molecule has 1 aliphatic heterocycles. The summed E-state index contributed by atoms with van der Waals surface area (Å²) in [6.07, 6.45) is 12.1. The second-order valence-electron chi connectivity index (χ2n) is 7.63. The number of rotatable bonds is 13. The SMILES string of the molecule is CCCCCCCCCCCCN1[C@@H](CC(=O)OC)c2ccccc2S1(=O)=O. The summed E-state index contributed by atoms with van der Waals surface area (Å²) in [4.78, 5) is 12.2. The third-order valence-electron chi connectivity index (χ3n) is 5.53. The number of carbonyl (C=O) groups excluding carboxylic acids is 1. The Hall–Kier alpha value is -1.40. The van der Waals surface area contributed by atoms with Crippen LogP contribution in [0.2, 0.25) is 0 Å². The van der Waals surface area contributed by atoms with Crippen molar-refractivity contribution in [2.75, 3.05) is 13.7 Å². The fourth-order valence-corrected chi connectivity index (χ4v) is 5.82. The zero-order chi connectivity index (χ0) is 20.4. The van der Waals surface area contributed by atoms with Crippen LogP contribution < -0.4 is 0 Å². The molecule has 28 heavy (non-hydrogen) atoms. The molecule has 0 fully saturated rings. The van der Waals surface area contributed by atoms with Gasteiger partial charge in [-0.3, -0.25) is 4.79 Å². The maximum atomic E-state index is 12.9. The number of carbonyl (C=O) groups is 1. The molecule has 6 heteroatoms. The molecule has 0 saturated carbocycles. The lowest BCUT2D eigenvalue weighted by molar-refractivity contribution is -0.141. The lowest BCUT2D eigenvalue weighted by Gasteiger charge is -2.22. The first kappa shape index (κ1) is 22.9. The van der Waals surface area contributed by atoms with E-state index < -0.39 is 16.1 Å². The molecule has 0 saturated heterocycles. The van der Waals surface area contributed by atoms with Crippen LogP contribution in [0.4, 0.5) is 0 Å². The van der Waals surface area contributed by atoms with E-state index in [2.05, 4.69) is 6.92 Å². The second kappa shape index (κ2) is 11.6. The highest BCUT2D eigenvalue weighted by molar-refractivity contribution is 7.89. The average molecular weight is 410 g/mol. The molecule has 0 N–H and O–H groups in total.